The number of carboxylic acid groups (broad SMARTS) is 2. The van der Waals surface area contributed by atoms with Gasteiger partial charge in [0.2, 0.25) is 5.91 Å². The van der Waals surface area contributed by atoms with E-state index in [4.69, 9.17) is 10.2 Å². The van der Waals surface area contributed by atoms with Gasteiger partial charge in [-0.1, -0.05) is 6.92 Å². The standard InChI is InChI=1S/C8H13NO5.Fe/c1-2-3-6(10)9-5(8(13)14)4-7(11)12;/h5H,2-4H2,1H3,(H,9,10)(H,11,12)(H,13,14);/t5-;/m0./s1. The molecule has 0 aliphatic carbocycles. The molecule has 1 amide bonds. The average molecular weight is 259 g/mol. The Balaban J connectivity index is 0. The molecule has 1 atom stereocenters. The molecule has 0 aliphatic heterocycles. The third-order valence-electron chi connectivity index (χ3n) is 1.49. The van der Waals surface area contributed by atoms with Crippen molar-refractivity contribution in [1.82, 2.24) is 5.32 Å². The number of rotatable bonds is 6. The van der Waals surface area contributed by atoms with Crippen LogP contribution in [0.15, 0.2) is 0 Å². The summed E-state index contributed by atoms with van der Waals surface area (Å²) in [5, 5.41) is 19.1. The summed E-state index contributed by atoms with van der Waals surface area (Å²) in [5.74, 6) is -3.03. The van der Waals surface area contributed by atoms with E-state index in [1.54, 1.807) is 6.92 Å². The van der Waals surface area contributed by atoms with Crippen LogP contribution in [0.5, 0.6) is 0 Å². The predicted octanol–water partition coefficient (Wildman–Crippen LogP) is -0.172. The number of hydrogen-bond acceptors (Lipinski definition) is 3. The first-order chi connectivity index (χ1) is 6.47. The van der Waals surface area contributed by atoms with E-state index >= 15 is 0 Å². The Morgan fingerprint density at radius 2 is 1.80 bits per heavy atom. The number of hydrogen-bond donors (Lipinski definition) is 3. The van der Waals surface area contributed by atoms with Gasteiger partial charge >= 0.3 is 11.9 Å². The minimum absolute atomic E-state index is 0. The van der Waals surface area contributed by atoms with Gasteiger partial charge in [-0.05, 0) is 6.42 Å². The number of aliphatic carboxylic acids is 2. The van der Waals surface area contributed by atoms with E-state index in [9.17, 15) is 14.4 Å². The zero-order valence-corrected chi connectivity index (χ0v) is 9.28. The maximum atomic E-state index is 11.0. The molecule has 0 rings (SSSR count). The van der Waals surface area contributed by atoms with E-state index in [-0.39, 0.29) is 23.5 Å². The molecule has 0 unspecified atom stereocenters. The number of carboxylic acids is 2. The fourth-order valence-corrected chi connectivity index (χ4v) is 0.868. The molecule has 0 aromatic heterocycles. The zero-order valence-electron chi connectivity index (χ0n) is 8.17. The van der Waals surface area contributed by atoms with Crippen LogP contribution in [0.2, 0.25) is 0 Å². The smallest absolute Gasteiger partial charge is 0.326 e. The molecule has 3 N–H and O–H groups in total. The van der Waals surface area contributed by atoms with Crippen LogP contribution in [0.4, 0.5) is 0 Å². The molecular formula is C8H13FeNO5. The second-order valence-electron chi connectivity index (χ2n) is 2.81. The summed E-state index contributed by atoms with van der Waals surface area (Å²) in [5.41, 5.74) is 0. The van der Waals surface area contributed by atoms with Gasteiger partial charge < -0.3 is 15.5 Å². The molecule has 0 fully saturated rings. The van der Waals surface area contributed by atoms with Gasteiger partial charge in [0.1, 0.15) is 6.04 Å². The molecule has 0 aromatic rings. The summed E-state index contributed by atoms with van der Waals surface area (Å²) in [6, 6.07) is -1.34. The van der Waals surface area contributed by atoms with E-state index in [0.717, 1.165) is 0 Å². The molecule has 0 aliphatic rings. The van der Waals surface area contributed by atoms with E-state index in [2.05, 4.69) is 5.32 Å². The van der Waals surface area contributed by atoms with Gasteiger partial charge in [-0.2, -0.15) is 0 Å². The SMILES string of the molecule is CCCC(=O)N[C@@H](CC(=O)O)C(=O)O.[Fe]. The molecule has 0 saturated heterocycles. The zero-order chi connectivity index (χ0) is 11.1. The van der Waals surface area contributed by atoms with Crippen molar-refractivity contribution in [3.05, 3.63) is 0 Å². The van der Waals surface area contributed by atoms with Crippen molar-refractivity contribution in [3.63, 3.8) is 0 Å². The van der Waals surface area contributed by atoms with Crippen LogP contribution in [-0.4, -0.2) is 34.1 Å². The Hall–Kier alpha value is -1.07. The molecule has 0 radical (unpaired) electrons. The second-order valence-corrected chi connectivity index (χ2v) is 2.81. The Bertz CT molecular complexity index is 243. The van der Waals surface area contributed by atoms with Gasteiger partial charge in [-0.15, -0.1) is 0 Å². The van der Waals surface area contributed by atoms with Crippen molar-refractivity contribution in [3.8, 4) is 0 Å². The molecular weight excluding hydrogens is 246 g/mol. The van der Waals surface area contributed by atoms with Crippen LogP contribution in [0, 0.1) is 0 Å². The number of amides is 1. The fraction of sp³-hybridized carbons (Fsp3) is 0.625. The number of nitrogens with one attached hydrogen (secondary N) is 1. The third-order valence-corrected chi connectivity index (χ3v) is 1.49. The van der Waals surface area contributed by atoms with E-state index < -0.39 is 30.3 Å². The van der Waals surface area contributed by atoms with Gasteiger partial charge in [0.25, 0.3) is 0 Å². The minimum Gasteiger partial charge on any atom is -0.481 e. The molecule has 0 bridgehead atoms. The minimum atomic E-state index is -1.34. The topological polar surface area (TPSA) is 104 Å². The van der Waals surface area contributed by atoms with Crippen molar-refractivity contribution in [2.24, 2.45) is 0 Å². The van der Waals surface area contributed by atoms with Gasteiger partial charge in [0.15, 0.2) is 0 Å². The first-order valence-corrected chi connectivity index (χ1v) is 4.21. The first-order valence-electron chi connectivity index (χ1n) is 4.21. The van der Waals surface area contributed by atoms with Crippen LogP contribution >= 0.6 is 0 Å². The van der Waals surface area contributed by atoms with Gasteiger partial charge in [-0.25, -0.2) is 4.79 Å². The molecule has 0 aromatic carbocycles. The molecule has 6 nitrogen and oxygen atoms in total. The Labute approximate surface area is 97.5 Å². The number of carbonyl (C=O) groups excluding carboxylic acids is 1. The van der Waals surface area contributed by atoms with Crippen molar-refractivity contribution in [2.45, 2.75) is 32.2 Å². The van der Waals surface area contributed by atoms with Crippen molar-refractivity contribution < 1.29 is 41.7 Å². The molecule has 0 spiro atoms. The fourth-order valence-electron chi connectivity index (χ4n) is 0.868. The summed E-state index contributed by atoms with van der Waals surface area (Å²) in [6.07, 6.45) is 0.180. The first kappa shape index (κ1) is 16.4. The molecule has 7 heteroatoms. The average Bonchev–Trinajstić information content (AvgIpc) is 2.02. The van der Waals surface area contributed by atoms with Crippen molar-refractivity contribution >= 4 is 17.8 Å². The maximum Gasteiger partial charge on any atom is 0.326 e. The third kappa shape index (κ3) is 7.96. The predicted molar refractivity (Wildman–Crippen MR) is 46.7 cm³/mol. The van der Waals surface area contributed by atoms with E-state index in [1.165, 1.54) is 0 Å². The summed E-state index contributed by atoms with van der Waals surface area (Å²) in [4.78, 5) is 31.7. The normalized spacial score (nSPS) is 11.0. The maximum absolute atomic E-state index is 11.0. The van der Waals surface area contributed by atoms with Crippen molar-refractivity contribution in [1.29, 1.82) is 0 Å². The molecule has 0 saturated carbocycles. The van der Waals surface area contributed by atoms with E-state index in [0.29, 0.717) is 6.42 Å². The molecule has 0 heterocycles. The quantitative estimate of drug-likeness (QED) is 0.574. The Kier molecular flexibility index (Phi) is 9.01. The molecule has 15 heavy (non-hydrogen) atoms. The van der Waals surface area contributed by atoms with Crippen LogP contribution in [-0.2, 0) is 31.5 Å². The van der Waals surface area contributed by atoms with E-state index in [1.807, 2.05) is 0 Å². The Morgan fingerprint density at radius 3 is 2.13 bits per heavy atom. The van der Waals surface area contributed by atoms with Gasteiger partial charge in [0.05, 0.1) is 6.42 Å². The monoisotopic (exact) mass is 259 g/mol. The summed E-state index contributed by atoms with van der Waals surface area (Å²) in [6.45, 7) is 1.77. The summed E-state index contributed by atoms with van der Waals surface area (Å²) < 4.78 is 0. The van der Waals surface area contributed by atoms with Gasteiger partial charge in [-0.3, -0.25) is 9.59 Å². The largest absolute Gasteiger partial charge is 0.481 e. The van der Waals surface area contributed by atoms with Crippen molar-refractivity contribution in [2.75, 3.05) is 0 Å². The Morgan fingerprint density at radius 1 is 1.27 bits per heavy atom. The van der Waals surface area contributed by atoms with Crippen LogP contribution in [0.3, 0.4) is 0 Å². The second kappa shape index (κ2) is 8.26. The van der Waals surface area contributed by atoms with Gasteiger partial charge in [0, 0.05) is 23.5 Å². The molecule has 88 valence electrons. The van der Waals surface area contributed by atoms with Crippen LogP contribution in [0.1, 0.15) is 26.2 Å². The summed E-state index contributed by atoms with van der Waals surface area (Å²) in [7, 11) is 0. The van der Waals surface area contributed by atoms with Crippen LogP contribution in [0.25, 0.3) is 0 Å². The summed E-state index contributed by atoms with van der Waals surface area (Å²) >= 11 is 0. The number of carbonyl (C=O) groups is 3. The van der Waals surface area contributed by atoms with Crippen LogP contribution < -0.4 is 5.32 Å².